The van der Waals surface area contributed by atoms with Crippen LogP contribution in [0.1, 0.15) is 37.3 Å². The first kappa shape index (κ1) is 14.5. The van der Waals surface area contributed by atoms with Gasteiger partial charge in [0.15, 0.2) is 0 Å². The highest BCUT2D eigenvalue weighted by Gasteiger charge is 2.26. The predicted molar refractivity (Wildman–Crippen MR) is 76.2 cm³/mol. The van der Waals surface area contributed by atoms with E-state index in [1.165, 1.54) is 12.8 Å². The van der Waals surface area contributed by atoms with Gasteiger partial charge in [-0.15, -0.1) is 0 Å². The number of rotatable bonds is 6. The van der Waals surface area contributed by atoms with Gasteiger partial charge in [0.05, 0.1) is 4.90 Å². The third-order valence-corrected chi connectivity index (χ3v) is 5.25. The summed E-state index contributed by atoms with van der Waals surface area (Å²) in [5.74, 6) is 0.707. The first-order valence-electron chi connectivity index (χ1n) is 6.74. The van der Waals surface area contributed by atoms with Crippen LogP contribution in [-0.4, -0.2) is 14.5 Å². The summed E-state index contributed by atoms with van der Waals surface area (Å²) in [6.45, 7) is 4.16. The van der Waals surface area contributed by atoms with Crippen LogP contribution in [0.5, 0.6) is 0 Å². The van der Waals surface area contributed by atoms with E-state index in [0.29, 0.717) is 17.4 Å². The average Bonchev–Trinajstić information content (AvgIpc) is 3.11. The lowest BCUT2D eigenvalue weighted by Gasteiger charge is -2.15. The molecule has 0 amide bonds. The summed E-state index contributed by atoms with van der Waals surface area (Å²) >= 11 is 0. The topological polar surface area (TPSA) is 72.2 Å². The monoisotopic (exact) mass is 282 g/mol. The molecule has 0 saturated heterocycles. The highest BCUT2D eigenvalue weighted by molar-refractivity contribution is 7.89. The molecule has 19 heavy (non-hydrogen) atoms. The average molecular weight is 282 g/mol. The number of hydrogen-bond acceptors (Lipinski definition) is 3. The number of nitrogens with one attached hydrogen (secondary N) is 1. The van der Waals surface area contributed by atoms with E-state index in [0.717, 1.165) is 17.5 Å². The minimum absolute atomic E-state index is 0.00825. The standard InChI is InChI=1S/C14H22N2O2S/c1-10-7-13(9-15)5-6-14(10)19(17,18)16-11(2)8-12-3-4-12/h5-7,11-12,16H,3-4,8-9,15H2,1-2H3. The smallest absolute Gasteiger partial charge is 0.241 e. The molecule has 1 aromatic carbocycles. The Morgan fingerprint density at radius 1 is 1.42 bits per heavy atom. The lowest BCUT2D eigenvalue weighted by Crippen LogP contribution is -2.33. The van der Waals surface area contributed by atoms with Gasteiger partial charge in [0.2, 0.25) is 10.0 Å². The minimum Gasteiger partial charge on any atom is -0.326 e. The molecule has 0 aromatic heterocycles. The Morgan fingerprint density at radius 3 is 2.63 bits per heavy atom. The van der Waals surface area contributed by atoms with E-state index >= 15 is 0 Å². The van der Waals surface area contributed by atoms with Gasteiger partial charge in [0.1, 0.15) is 0 Å². The summed E-state index contributed by atoms with van der Waals surface area (Å²) in [6.07, 6.45) is 3.39. The van der Waals surface area contributed by atoms with Gasteiger partial charge in [0.25, 0.3) is 0 Å². The van der Waals surface area contributed by atoms with E-state index in [-0.39, 0.29) is 6.04 Å². The van der Waals surface area contributed by atoms with E-state index in [9.17, 15) is 8.42 Å². The summed E-state index contributed by atoms with van der Waals surface area (Å²) in [7, 11) is -3.42. The van der Waals surface area contributed by atoms with Crippen molar-refractivity contribution in [3.63, 3.8) is 0 Å². The maximum Gasteiger partial charge on any atom is 0.241 e. The van der Waals surface area contributed by atoms with E-state index in [1.54, 1.807) is 19.1 Å². The Labute approximate surface area is 115 Å². The zero-order chi connectivity index (χ0) is 14.0. The molecule has 1 fully saturated rings. The van der Waals surface area contributed by atoms with Crippen molar-refractivity contribution in [2.24, 2.45) is 11.7 Å². The Balaban J connectivity index is 2.13. The lowest BCUT2D eigenvalue weighted by molar-refractivity contribution is 0.529. The van der Waals surface area contributed by atoms with Gasteiger partial charge in [-0.05, 0) is 43.4 Å². The highest BCUT2D eigenvalue weighted by atomic mass is 32.2. The van der Waals surface area contributed by atoms with E-state index in [4.69, 9.17) is 5.73 Å². The van der Waals surface area contributed by atoms with Crippen LogP contribution in [-0.2, 0) is 16.6 Å². The van der Waals surface area contributed by atoms with Gasteiger partial charge in [-0.2, -0.15) is 0 Å². The fraction of sp³-hybridized carbons (Fsp3) is 0.571. The molecule has 1 aromatic rings. The third-order valence-electron chi connectivity index (χ3n) is 3.50. The molecule has 0 spiro atoms. The number of aryl methyl sites for hydroxylation is 1. The molecule has 1 aliphatic rings. The molecule has 5 heteroatoms. The fourth-order valence-corrected chi connectivity index (χ4v) is 3.85. The maximum atomic E-state index is 12.3. The SMILES string of the molecule is Cc1cc(CN)ccc1S(=O)(=O)NC(C)CC1CC1. The van der Waals surface area contributed by atoms with Crippen LogP contribution in [0, 0.1) is 12.8 Å². The Bertz CT molecular complexity index is 551. The zero-order valence-electron chi connectivity index (χ0n) is 11.5. The lowest BCUT2D eigenvalue weighted by atomic mass is 10.1. The van der Waals surface area contributed by atoms with Crippen molar-refractivity contribution < 1.29 is 8.42 Å². The molecule has 0 radical (unpaired) electrons. The zero-order valence-corrected chi connectivity index (χ0v) is 12.3. The molecule has 0 aliphatic heterocycles. The van der Waals surface area contributed by atoms with Crippen LogP contribution in [0.25, 0.3) is 0 Å². The fourth-order valence-electron chi connectivity index (χ4n) is 2.37. The quantitative estimate of drug-likeness (QED) is 0.837. The summed E-state index contributed by atoms with van der Waals surface area (Å²) in [4.78, 5) is 0.354. The van der Waals surface area contributed by atoms with Crippen molar-refractivity contribution in [3.05, 3.63) is 29.3 Å². The first-order valence-corrected chi connectivity index (χ1v) is 8.22. The van der Waals surface area contributed by atoms with E-state index in [2.05, 4.69) is 4.72 Å². The molecule has 0 heterocycles. The normalized spacial score (nSPS) is 17.4. The largest absolute Gasteiger partial charge is 0.326 e. The maximum absolute atomic E-state index is 12.3. The Morgan fingerprint density at radius 2 is 2.11 bits per heavy atom. The first-order chi connectivity index (χ1) is 8.92. The molecule has 3 N–H and O–H groups in total. The second-order valence-electron chi connectivity index (χ2n) is 5.51. The molecule has 106 valence electrons. The van der Waals surface area contributed by atoms with Crippen LogP contribution in [0.15, 0.2) is 23.1 Å². The molecule has 1 atom stereocenters. The van der Waals surface area contributed by atoms with Crippen LogP contribution < -0.4 is 10.5 Å². The molecule has 2 rings (SSSR count). The summed E-state index contributed by atoms with van der Waals surface area (Å²) in [5, 5.41) is 0. The molecular formula is C14H22N2O2S. The highest BCUT2D eigenvalue weighted by Crippen LogP contribution is 2.33. The minimum atomic E-state index is -3.42. The van der Waals surface area contributed by atoms with Crippen molar-refractivity contribution >= 4 is 10.0 Å². The van der Waals surface area contributed by atoms with Crippen LogP contribution in [0.4, 0.5) is 0 Å². The van der Waals surface area contributed by atoms with Gasteiger partial charge >= 0.3 is 0 Å². The van der Waals surface area contributed by atoms with Crippen molar-refractivity contribution in [2.45, 2.75) is 50.6 Å². The van der Waals surface area contributed by atoms with E-state index in [1.807, 2.05) is 13.0 Å². The summed E-state index contributed by atoms with van der Waals surface area (Å²) in [5.41, 5.74) is 7.25. The van der Waals surface area contributed by atoms with E-state index < -0.39 is 10.0 Å². The summed E-state index contributed by atoms with van der Waals surface area (Å²) in [6, 6.07) is 5.24. The second-order valence-corrected chi connectivity index (χ2v) is 7.19. The van der Waals surface area contributed by atoms with Gasteiger partial charge in [-0.25, -0.2) is 13.1 Å². The van der Waals surface area contributed by atoms with Gasteiger partial charge < -0.3 is 5.73 Å². The van der Waals surface area contributed by atoms with Gasteiger partial charge in [-0.3, -0.25) is 0 Å². The van der Waals surface area contributed by atoms with Gasteiger partial charge in [0, 0.05) is 12.6 Å². The second kappa shape index (κ2) is 5.61. The van der Waals surface area contributed by atoms with Crippen molar-refractivity contribution in [3.8, 4) is 0 Å². The number of benzene rings is 1. The predicted octanol–water partition coefficient (Wildman–Crippen LogP) is 1.92. The van der Waals surface area contributed by atoms with Gasteiger partial charge in [-0.1, -0.05) is 25.0 Å². The Hall–Kier alpha value is -0.910. The Kier molecular flexibility index (Phi) is 4.28. The summed E-state index contributed by atoms with van der Waals surface area (Å²) < 4.78 is 27.4. The molecule has 1 aliphatic carbocycles. The molecular weight excluding hydrogens is 260 g/mol. The number of nitrogens with two attached hydrogens (primary N) is 1. The number of sulfonamides is 1. The molecule has 1 saturated carbocycles. The van der Waals surface area contributed by atoms with Crippen LogP contribution >= 0.6 is 0 Å². The third kappa shape index (κ3) is 3.78. The molecule has 4 nitrogen and oxygen atoms in total. The molecule has 0 bridgehead atoms. The van der Waals surface area contributed by atoms with Crippen LogP contribution in [0.2, 0.25) is 0 Å². The van der Waals surface area contributed by atoms with Crippen molar-refractivity contribution in [1.29, 1.82) is 0 Å². The number of hydrogen-bond donors (Lipinski definition) is 2. The van der Waals surface area contributed by atoms with Crippen LogP contribution in [0.3, 0.4) is 0 Å². The van der Waals surface area contributed by atoms with Crippen molar-refractivity contribution in [2.75, 3.05) is 0 Å². The van der Waals surface area contributed by atoms with Crippen molar-refractivity contribution in [1.82, 2.24) is 4.72 Å². The molecule has 1 unspecified atom stereocenters.